The zero-order chi connectivity index (χ0) is 41.2. The van der Waals surface area contributed by atoms with Crippen LogP contribution < -0.4 is 0 Å². The van der Waals surface area contributed by atoms with Crippen LogP contribution in [0, 0.1) is 0 Å². The number of fused-ring (bicyclic) bond motifs is 15. The number of furan rings is 1. The fraction of sp³-hybridized carbons (Fsp3) is 0.0172. The second-order valence-corrected chi connectivity index (χ2v) is 16.6. The van der Waals surface area contributed by atoms with Crippen molar-refractivity contribution >= 4 is 43.7 Å². The van der Waals surface area contributed by atoms with E-state index in [4.69, 9.17) is 19.4 Å². The second-order valence-electron chi connectivity index (χ2n) is 16.6. The summed E-state index contributed by atoms with van der Waals surface area (Å²) in [4.78, 5) is 15.8. The van der Waals surface area contributed by atoms with Gasteiger partial charge in [0.25, 0.3) is 0 Å². The van der Waals surface area contributed by atoms with Gasteiger partial charge in [-0.1, -0.05) is 176 Å². The SMILES string of the molecule is c1ccc(-c2nc(-c3ccccc3)nc(-c3cccc4c3-c3cc(-c5cccc6oc7ccccc7c56)ccc3C43c4ccccc4-n4c5ccccc5c5cccc3c54)n2)cc1. The van der Waals surface area contributed by atoms with Gasteiger partial charge >= 0.3 is 0 Å². The number of aromatic nitrogens is 4. The van der Waals surface area contributed by atoms with Gasteiger partial charge in [-0.05, 0) is 74.8 Å². The third kappa shape index (κ3) is 4.63. The van der Waals surface area contributed by atoms with Gasteiger partial charge in [-0.25, -0.2) is 15.0 Å². The van der Waals surface area contributed by atoms with Gasteiger partial charge in [-0.2, -0.15) is 0 Å². The van der Waals surface area contributed by atoms with Crippen LogP contribution in [0.2, 0.25) is 0 Å². The van der Waals surface area contributed by atoms with Crippen LogP contribution in [-0.2, 0) is 5.41 Å². The molecule has 292 valence electrons. The van der Waals surface area contributed by atoms with Crippen LogP contribution >= 0.6 is 0 Å². The lowest BCUT2D eigenvalue weighted by Gasteiger charge is -2.39. The molecule has 0 bridgehead atoms. The molecule has 0 saturated heterocycles. The van der Waals surface area contributed by atoms with Gasteiger partial charge in [0, 0.05) is 38.2 Å². The van der Waals surface area contributed by atoms with Crippen LogP contribution in [0.4, 0.5) is 0 Å². The Balaban J connectivity index is 1.12. The van der Waals surface area contributed by atoms with Crippen molar-refractivity contribution in [3.8, 4) is 62.1 Å². The lowest BCUT2D eigenvalue weighted by atomic mass is 9.65. The van der Waals surface area contributed by atoms with Crippen molar-refractivity contribution in [2.24, 2.45) is 0 Å². The maximum atomic E-state index is 6.43. The van der Waals surface area contributed by atoms with Crippen LogP contribution in [0.5, 0.6) is 0 Å². The molecule has 3 aromatic heterocycles. The van der Waals surface area contributed by atoms with Crippen molar-refractivity contribution in [3.63, 3.8) is 0 Å². The zero-order valence-electron chi connectivity index (χ0n) is 33.8. The summed E-state index contributed by atoms with van der Waals surface area (Å²) in [5, 5.41) is 4.71. The lowest BCUT2D eigenvalue weighted by Crippen LogP contribution is -2.33. The van der Waals surface area contributed by atoms with E-state index in [0.29, 0.717) is 17.5 Å². The van der Waals surface area contributed by atoms with Gasteiger partial charge in [0.05, 0.1) is 22.1 Å². The van der Waals surface area contributed by atoms with E-state index < -0.39 is 5.41 Å². The van der Waals surface area contributed by atoms with E-state index in [1.165, 1.54) is 49.7 Å². The van der Waals surface area contributed by atoms with Gasteiger partial charge < -0.3 is 8.98 Å². The summed E-state index contributed by atoms with van der Waals surface area (Å²) < 4.78 is 8.92. The molecule has 0 amide bonds. The Hall–Kier alpha value is -8.41. The van der Waals surface area contributed by atoms with E-state index in [2.05, 4.69) is 168 Å². The highest BCUT2D eigenvalue weighted by molar-refractivity contribution is 6.15. The molecule has 1 aliphatic carbocycles. The molecule has 1 unspecified atom stereocenters. The standard InChI is InChI=1S/C58H34N4O/c1-3-16-35(17-4-1)55-59-56(36-18-5-2-6-19-36)61-57(60-55)42-24-14-26-46-52(42)43-34-37(38-22-15-31-51-53(38)41-21-8-12-30-50(41)63-51)32-33-44(43)58(46)45-25-9-11-29-49(45)62-48-28-10-7-20-39(48)40-23-13-27-47(58)54(40)62/h1-34H. The Labute approximate surface area is 362 Å². The molecular formula is C58H34N4O. The van der Waals surface area contributed by atoms with Crippen molar-refractivity contribution in [2.75, 3.05) is 0 Å². The average molecular weight is 803 g/mol. The molecule has 0 saturated carbocycles. The number of nitrogens with zero attached hydrogens (tertiary/aromatic N) is 4. The minimum Gasteiger partial charge on any atom is -0.456 e. The van der Waals surface area contributed by atoms with Gasteiger partial charge in [-0.3, -0.25) is 0 Å². The fourth-order valence-electron chi connectivity index (χ4n) is 11.0. The van der Waals surface area contributed by atoms with Gasteiger partial charge in [0.2, 0.25) is 0 Å². The molecule has 1 spiro atoms. The quantitative estimate of drug-likeness (QED) is 0.178. The Morgan fingerprint density at radius 2 is 0.984 bits per heavy atom. The van der Waals surface area contributed by atoms with E-state index in [1.807, 2.05) is 42.5 Å². The molecule has 0 N–H and O–H groups in total. The van der Waals surface area contributed by atoms with Crippen molar-refractivity contribution in [3.05, 3.63) is 229 Å². The Bertz CT molecular complexity index is 3810. The van der Waals surface area contributed by atoms with E-state index in [1.54, 1.807) is 0 Å². The Morgan fingerprint density at radius 1 is 0.381 bits per heavy atom. The Morgan fingerprint density at radius 3 is 1.81 bits per heavy atom. The summed E-state index contributed by atoms with van der Waals surface area (Å²) in [6, 6.07) is 73.8. The summed E-state index contributed by atoms with van der Waals surface area (Å²) in [7, 11) is 0. The van der Waals surface area contributed by atoms with Crippen molar-refractivity contribution in [1.82, 2.24) is 19.5 Å². The van der Waals surface area contributed by atoms with E-state index in [-0.39, 0.29) is 0 Å². The molecule has 9 aromatic carbocycles. The molecular weight excluding hydrogens is 769 g/mol. The van der Waals surface area contributed by atoms with E-state index >= 15 is 0 Å². The molecule has 63 heavy (non-hydrogen) atoms. The average Bonchev–Trinajstić information content (AvgIpc) is 4.01. The van der Waals surface area contributed by atoms with Gasteiger partial charge in [0.1, 0.15) is 11.2 Å². The predicted octanol–water partition coefficient (Wildman–Crippen LogP) is 14.2. The number of hydrogen-bond acceptors (Lipinski definition) is 4. The van der Waals surface area contributed by atoms with Crippen molar-refractivity contribution in [1.29, 1.82) is 0 Å². The normalized spacial score (nSPS) is 14.7. The summed E-state index contributed by atoms with van der Waals surface area (Å²) in [5.74, 6) is 1.90. The minimum atomic E-state index is -0.661. The number of benzene rings is 9. The van der Waals surface area contributed by atoms with Crippen LogP contribution in [0.15, 0.2) is 211 Å². The molecule has 1 atom stereocenters. The highest BCUT2D eigenvalue weighted by Gasteiger charge is 2.51. The van der Waals surface area contributed by atoms with Crippen molar-refractivity contribution < 1.29 is 4.42 Å². The number of rotatable bonds is 4. The lowest BCUT2D eigenvalue weighted by molar-refractivity contribution is 0.669. The van der Waals surface area contributed by atoms with Crippen LogP contribution in [-0.4, -0.2) is 19.5 Å². The molecule has 0 radical (unpaired) electrons. The van der Waals surface area contributed by atoms with E-state index in [9.17, 15) is 0 Å². The van der Waals surface area contributed by atoms with Crippen molar-refractivity contribution in [2.45, 2.75) is 5.41 Å². The second kappa shape index (κ2) is 12.8. The molecule has 5 nitrogen and oxygen atoms in total. The highest BCUT2D eigenvalue weighted by atomic mass is 16.3. The monoisotopic (exact) mass is 802 g/mol. The highest BCUT2D eigenvalue weighted by Crippen LogP contribution is 2.63. The third-order valence-corrected chi connectivity index (χ3v) is 13.5. The molecule has 14 rings (SSSR count). The third-order valence-electron chi connectivity index (χ3n) is 13.5. The van der Waals surface area contributed by atoms with Crippen LogP contribution in [0.1, 0.15) is 22.3 Å². The minimum absolute atomic E-state index is 0.632. The molecule has 12 aromatic rings. The first-order chi connectivity index (χ1) is 31.3. The Kier molecular flexibility index (Phi) is 6.97. The molecule has 2 aliphatic rings. The first kappa shape index (κ1) is 34.3. The summed E-state index contributed by atoms with van der Waals surface area (Å²) in [5.41, 5.74) is 17.0. The van der Waals surface area contributed by atoms with Gasteiger partial charge in [0.15, 0.2) is 17.5 Å². The summed E-state index contributed by atoms with van der Waals surface area (Å²) in [6.45, 7) is 0. The molecule has 0 fully saturated rings. The maximum absolute atomic E-state index is 6.43. The zero-order valence-corrected chi connectivity index (χ0v) is 33.8. The maximum Gasteiger partial charge on any atom is 0.164 e. The first-order valence-electron chi connectivity index (χ1n) is 21.4. The smallest absolute Gasteiger partial charge is 0.164 e. The fourth-order valence-corrected chi connectivity index (χ4v) is 11.0. The molecule has 1 aliphatic heterocycles. The molecule has 4 heterocycles. The summed E-state index contributed by atoms with van der Waals surface area (Å²) in [6.07, 6.45) is 0. The van der Waals surface area contributed by atoms with Gasteiger partial charge in [-0.15, -0.1) is 0 Å². The number of para-hydroxylation sites is 4. The predicted molar refractivity (Wildman–Crippen MR) is 254 cm³/mol. The van der Waals surface area contributed by atoms with E-state index in [0.717, 1.165) is 60.9 Å². The van der Waals surface area contributed by atoms with Crippen LogP contribution in [0.25, 0.3) is 106 Å². The molecule has 5 heteroatoms. The van der Waals surface area contributed by atoms with Crippen LogP contribution in [0.3, 0.4) is 0 Å². The number of hydrogen-bond donors (Lipinski definition) is 0. The summed E-state index contributed by atoms with van der Waals surface area (Å²) >= 11 is 0. The largest absolute Gasteiger partial charge is 0.456 e. The first-order valence-corrected chi connectivity index (χ1v) is 21.4. The topological polar surface area (TPSA) is 56.7 Å².